The molecule has 1 aromatic carbocycles. The van der Waals surface area contributed by atoms with Crippen LogP contribution < -0.4 is 0 Å². The Balaban J connectivity index is 2.37. The second-order valence-corrected chi connectivity index (χ2v) is 3.96. The minimum absolute atomic E-state index is 0.554. The zero-order valence-electron chi connectivity index (χ0n) is 7.97. The topological polar surface area (TPSA) is 22.1 Å². The number of aromatic nitrogens is 1. The van der Waals surface area contributed by atoms with E-state index in [1.807, 2.05) is 24.3 Å². The molecule has 0 bridgehead atoms. The van der Waals surface area contributed by atoms with Gasteiger partial charge in [-0.25, -0.2) is 4.98 Å². The zero-order chi connectivity index (χ0) is 10.3. The lowest BCUT2D eigenvalue weighted by atomic mass is 10.1. The molecule has 3 rings (SSSR count). The van der Waals surface area contributed by atoms with Crippen LogP contribution >= 0.6 is 12.6 Å². The fourth-order valence-electron chi connectivity index (χ4n) is 1.74. The van der Waals surface area contributed by atoms with E-state index < -0.39 is 0 Å². The summed E-state index contributed by atoms with van der Waals surface area (Å²) >= 11 is 4.42. The van der Waals surface area contributed by atoms with Crippen LogP contribution in [-0.4, -0.2) is 4.98 Å². The largest absolute Gasteiger partial charge is 0.495 e. The summed E-state index contributed by atoms with van der Waals surface area (Å²) in [6, 6.07) is 8.04. The third-order valence-electron chi connectivity index (χ3n) is 2.51. The fourth-order valence-corrected chi connectivity index (χ4v) is 2.01. The lowest BCUT2D eigenvalue weighted by molar-refractivity contribution is 0.230. The van der Waals surface area contributed by atoms with Gasteiger partial charge in [0.15, 0.2) is 0 Å². The van der Waals surface area contributed by atoms with Crippen LogP contribution in [0.15, 0.2) is 35.4 Å². The Kier molecular flexibility index (Phi) is 1.92. The summed E-state index contributed by atoms with van der Waals surface area (Å²) in [5.41, 5.74) is 3.08. The third-order valence-corrected chi connectivity index (χ3v) is 2.90. The standard InChI is InChI=1S/C12H9NOS/c15-12-3-1-2-10-9(12)6-8-4-5-14-7-11(8)13-10/h1-6,15H,7H2. The number of nitrogens with zero attached hydrogens (tertiary/aromatic N) is 1. The van der Waals surface area contributed by atoms with Crippen molar-refractivity contribution < 1.29 is 4.74 Å². The average Bonchev–Trinajstić information content (AvgIpc) is 2.27. The van der Waals surface area contributed by atoms with E-state index in [-0.39, 0.29) is 0 Å². The van der Waals surface area contributed by atoms with Crippen molar-refractivity contribution in [3.63, 3.8) is 0 Å². The summed E-state index contributed by atoms with van der Waals surface area (Å²) < 4.78 is 5.21. The van der Waals surface area contributed by atoms with Crippen LogP contribution in [-0.2, 0) is 11.3 Å². The predicted octanol–water partition coefficient (Wildman–Crippen LogP) is 3.02. The highest BCUT2D eigenvalue weighted by Gasteiger charge is 2.09. The van der Waals surface area contributed by atoms with Gasteiger partial charge in [-0.05, 0) is 24.3 Å². The molecule has 2 nitrogen and oxygen atoms in total. The Morgan fingerprint density at radius 3 is 3.20 bits per heavy atom. The quantitative estimate of drug-likeness (QED) is 0.682. The highest BCUT2D eigenvalue weighted by Crippen LogP contribution is 2.25. The van der Waals surface area contributed by atoms with Crippen LogP contribution in [0.4, 0.5) is 0 Å². The predicted molar refractivity (Wildman–Crippen MR) is 62.8 cm³/mol. The van der Waals surface area contributed by atoms with E-state index in [1.54, 1.807) is 6.26 Å². The molecule has 15 heavy (non-hydrogen) atoms. The molecule has 0 saturated heterocycles. The zero-order valence-corrected chi connectivity index (χ0v) is 8.87. The van der Waals surface area contributed by atoms with Gasteiger partial charge in [-0.2, -0.15) is 0 Å². The molecule has 1 aliphatic rings. The van der Waals surface area contributed by atoms with E-state index in [0.717, 1.165) is 27.1 Å². The lowest BCUT2D eigenvalue weighted by Gasteiger charge is -2.12. The summed E-state index contributed by atoms with van der Waals surface area (Å²) in [6.45, 7) is 0.554. The van der Waals surface area contributed by atoms with E-state index in [9.17, 15) is 0 Å². The first kappa shape index (κ1) is 8.80. The highest BCUT2D eigenvalue weighted by atomic mass is 32.1. The monoisotopic (exact) mass is 215 g/mol. The first-order valence-corrected chi connectivity index (χ1v) is 5.19. The van der Waals surface area contributed by atoms with Gasteiger partial charge in [-0.1, -0.05) is 6.07 Å². The molecule has 1 aromatic heterocycles. The van der Waals surface area contributed by atoms with E-state index in [2.05, 4.69) is 23.7 Å². The van der Waals surface area contributed by atoms with E-state index in [0.29, 0.717) is 6.61 Å². The Labute approximate surface area is 93.0 Å². The van der Waals surface area contributed by atoms with Gasteiger partial charge in [0.05, 0.1) is 17.5 Å². The van der Waals surface area contributed by atoms with Crippen LogP contribution in [0.25, 0.3) is 17.0 Å². The molecule has 0 radical (unpaired) electrons. The molecule has 0 spiro atoms. The van der Waals surface area contributed by atoms with Gasteiger partial charge < -0.3 is 4.74 Å². The number of ether oxygens (including phenoxy) is 1. The SMILES string of the molecule is Sc1cccc2nc3c(cc12)C=COC3. The highest BCUT2D eigenvalue weighted by molar-refractivity contribution is 7.80. The lowest BCUT2D eigenvalue weighted by Crippen LogP contribution is -2.00. The molecule has 0 amide bonds. The number of hydrogen-bond acceptors (Lipinski definition) is 3. The molecule has 1 aliphatic heterocycles. The molecule has 2 aromatic rings. The number of hydrogen-bond donors (Lipinski definition) is 1. The van der Waals surface area contributed by atoms with Crippen molar-refractivity contribution in [2.24, 2.45) is 0 Å². The van der Waals surface area contributed by atoms with Crippen LogP contribution in [0.2, 0.25) is 0 Å². The van der Waals surface area contributed by atoms with Crippen molar-refractivity contribution in [3.05, 3.63) is 41.8 Å². The van der Waals surface area contributed by atoms with Crippen LogP contribution in [0.5, 0.6) is 0 Å². The summed E-state index contributed by atoms with van der Waals surface area (Å²) in [7, 11) is 0. The number of pyridine rings is 1. The van der Waals surface area contributed by atoms with Crippen LogP contribution in [0, 0.1) is 0 Å². The van der Waals surface area contributed by atoms with Gasteiger partial charge in [0.25, 0.3) is 0 Å². The molecule has 0 N–H and O–H groups in total. The maximum atomic E-state index is 5.21. The Morgan fingerprint density at radius 2 is 2.27 bits per heavy atom. The van der Waals surface area contributed by atoms with Crippen molar-refractivity contribution in [1.82, 2.24) is 4.98 Å². The molecule has 0 atom stereocenters. The number of thiol groups is 1. The maximum Gasteiger partial charge on any atom is 0.130 e. The van der Waals surface area contributed by atoms with Crippen molar-refractivity contribution in [2.45, 2.75) is 11.5 Å². The minimum Gasteiger partial charge on any atom is -0.495 e. The number of benzene rings is 1. The molecule has 74 valence electrons. The Morgan fingerprint density at radius 1 is 1.33 bits per heavy atom. The van der Waals surface area contributed by atoms with Crippen molar-refractivity contribution in [2.75, 3.05) is 0 Å². The summed E-state index contributed by atoms with van der Waals surface area (Å²) in [6.07, 6.45) is 3.64. The number of fused-ring (bicyclic) bond motifs is 2. The molecule has 0 unspecified atom stereocenters. The summed E-state index contributed by atoms with van der Waals surface area (Å²) in [4.78, 5) is 5.51. The fraction of sp³-hybridized carbons (Fsp3) is 0.0833. The average molecular weight is 215 g/mol. The second kappa shape index (κ2) is 3.28. The van der Waals surface area contributed by atoms with Crippen LogP contribution in [0.1, 0.15) is 11.3 Å². The van der Waals surface area contributed by atoms with Gasteiger partial charge >= 0.3 is 0 Å². The second-order valence-electron chi connectivity index (χ2n) is 3.48. The van der Waals surface area contributed by atoms with Gasteiger partial charge in [-0.15, -0.1) is 12.6 Å². The van der Waals surface area contributed by atoms with Crippen molar-refractivity contribution >= 4 is 29.6 Å². The van der Waals surface area contributed by atoms with E-state index in [4.69, 9.17) is 4.74 Å². The molecular weight excluding hydrogens is 206 g/mol. The van der Waals surface area contributed by atoms with E-state index >= 15 is 0 Å². The Hall–Kier alpha value is -1.48. The molecule has 0 aliphatic carbocycles. The number of rotatable bonds is 0. The van der Waals surface area contributed by atoms with Gasteiger partial charge in [0.2, 0.25) is 0 Å². The third kappa shape index (κ3) is 1.39. The van der Waals surface area contributed by atoms with Gasteiger partial charge in [-0.3, -0.25) is 0 Å². The normalized spacial score (nSPS) is 13.7. The molecule has 0 fully saturated rings. The van der Waals surface area contributed by atoms with Crippen molar-refractivity contribution in [3.8, 4) is 0 Å². The van der Waals surface area contributed by atoms with E-state index in [1.165, 1.54) is 0 Å². The maximum absolute atomic E-state index is 5.21. The molecule has 0 saturated carbocycles. The summed E-state index contributed by atoms with van der Waals surface area (Å²) in [5.74, 6) is 0. The first-order valence-electron chi connectivity index (χ1n) is 4.74. The molecule has 2 heterocycles. The Bertz CT molecular complexity index is 563. The smallest absolute Gasteiger partial charge is 0.130 e. The summed E-state index contributed by atoms with van der Waals surface area (Å²) in [5, 5.41) is 1.09. The first-order chi connectivity index (χ1) is 7.34. The molecular formula is C12H9NOS. The van der Waals surface area contributed by atoms with Crippen LogP contribution in [0.3, 0.4) is 0 Å². The van der Waals surface area contributed by atoms with Gasteiger partial charge in [0.1, 0.15) is 6.61 Å². The van der Waals surface area contributed by atoms with Crippen molar-refractivity contribution in [1.29, 1.82) is 0 Å². The minimum atomic E-state index is 0.554. The molecule has 3 heteroatoms. The van der Waals surface area contributed by atoms with Gasteiger partial charge in [0, 0.05) is 15.8 Å².